The van der Waals surface area contributed by atoms with Crippen molar-refractivity contribution in [1.82, 2.24) is 5.01 Å². The van der Waals surface area contributed by atoms with Gasteiger partial charge in [-0.1, -0.05) is 44.2 Å². The zero-order valence-corrected chi connectivity index (χ0v) is 15.1. The number of carbonyl (C=O) groups is 2. The summed E-state index contributed by atoms with van der Waals surface area (Å²) in [5.41, 5.74) is 6.71. The van der Waals surface area contributed by atoms with Crippen LogP contribution in [-0.2, 0) is 16.0 Å². The van der Waals surface area contributed by atoms with Gasteiger partial charge in [0.1, 0.15) is 0 Å². The monoisotopic (exact) mass is 349 g/mol. The summed E-state index contributed by atoms with van der Waals surface area (Å²) in [5, 5.41) is 4.66. The van der Waals surface area contributed by atoms with Gasteiger partial charge in [-0.05, 0) is 42.2 Å². The smallest absolute Gasteiger partial charge is 0.248 e. The molecule has 134 valence electrons. The minimum atomic E-state index is -0.423. The van der Waals surface area contributed by atoms with Gasteiger partial charge in [0, 0.05) is 17.6 Å². The van der Waals surface area contributed by atoms with Crippen molar-refractivity contribution in [3.8, 4) is 0 Å². The number of rotatable bonds is 3. The van der Waals surface area contributed by atoms with E-state index in [0.717, 1.165) is 28.9 Å². The highest BCUT2D eigenvalue weighted by atomic mass is 16.2. The lowest BCUT2D eigenvalue weighted by Gasteiger charge is -2.31. The molecule has 2 aliphatic heterocycles. The first-order chi connectivity index (χ1) is 12.4. The normalized spacial score (nSPS) is 21.3. The highest BCUT2D eigenvalue weighted by molar-refractivity contribution is 5.98. The van der Waals surface area contributed by atoms with Crippen molar-refractivity contribution in [1.29, 1.82) is 0 Å². The summed E-state index contributed by atoms with van der Waals surface area (Å²) in [6.07, 6.45) is 1.49. The average Bonchev–Trinajstić information content (AvgIpc) is 2.97. The van der Waals surface area contributed by atoms with Gasteiger partial charge in [0.2, 0.25) is 11.8 Å². The topological polar surface area (TPSA) is 61.4 Å². The van der Waals surface area contributed by atoms with Crippen molar-refractivity contribution in [3.05, 3.63) is 59.7 Å². The molecule has 2 N–H and O–H groups in total. The van der Waals surface area contributed by atoms with Gasteiger partial charge < -0.3 is 5.32 Å². The van der Waals surface area contributed by atoms with Gasteiger partial charge in [-0.25, -0.2) is 0 Å². The molecule has 1 fully saturated rings. The molecule has 0 bridgehead atoms. The van der Waals surface area contributed by atoms with Crippen LogP contribution in [0.2, 0.25) is 0 Å². The Labute approximate surface area is 153 Å². The molecule has 2 amide bonds. The number of hydrogen-bond donors (Lipinski definition) is 2. The predicted molar refractivity (Wildman–Crippen MR) is 102 cm³/mol. The third-order valence-corrected chi connectivity index (χ3v) is 5.27. The summed E-state index contributed by atoms with van der Waals surface area (Å²) in [6.45, 7) is 4.57. The molecular weight excluding hydrogens is 326 g/mol. The number of hydrazine groups is 1. The number of nitrogens with one attached hydrogen (secondary N) is 2. The maximum atomic E-state index is 12.8. The molecule has 2 aromatic carbocycles. The largest absolute Gasteiger partial charge is 0.325 e. The van der Waals surface area contributed by atoms with E-state index >= 15 is 0 Å². The molecule has 2 aromatic rings. The summed E-state index contributed by atoms with van der Waals surface area (Å²) < 4.78 is 0. The van der Waals surface area contributed by atoms with E-state index in [-0.39, 0.29) is 17.7 Å². The second-order valence-corrected chi connectivity index (χ2v) is 7.74. The Kier molecular flexibility index (Phi) is 3.94. The first-order valence-electron chi connectivity index (χ1n) is 9.01. The lowest BCUT2D eigenvalue weighted by Crippen LogP contribution is -2.37. The van der Waals surface area contributed by atoms with Gasteiger partial charge in [-0.15, -0.1) is 0 Å². The number of carbonyl (C=O) groups excluding carboxylic acids is 2. The Morgan fingerprint density at radius 2 is 1.88 bits per heavy atom. The lowest BCUT2D eigenvalue weighted by molar-refractivity contribution is -0.127. The van der Waals surface area contributed by atoms with Crippen LogP contribution >= 0.6 is 0 Å². The molecule has 5 heteroatoms. The Hall–Kier alpha value is -2.82. The van der Waals surface area contributed by atoms with E-state index in [4.69, 9.17) is 0 Å². The molecule has 26 heavy (non-hydrogen) atoms. The first-order valence-corrected chi connectivity index (χ1v) is 9.01. The molecule has 0 spiro atoms. The average molecular weight is 349 g/mol. The Balaban J connectivity index is 1.50. The predicted octanol–water partition coefficient (Wildman–Crippen LogP) is 3.55. The molecule has 2 aliphatic rings. The van der Waals surface area contributed by atoms with E-state index in [9.17, 15) is 9.59 Å². The summed E-state index contributed by atoms with van der Waals surface area (Å²) in [5.74, 6) is 0.0632. The third-order valence-electron chi connectivity index (χ3n) is 5.27. The minimum Gasteiger partial charge on any atom is -0.325 e. The fourth-order valence-corrected chi connectivity index (χ4v) is 3.72. The fourth-order valence-electron chi connectivity index (χ4n) is 3.72. The highest BCUT2D eigenvalue weighted by Gasteiger charge is 2.35. The van der Waals surface area contributed by atoms with Crippen LogP contribution in [0.1, 0.15) is 37.3 Å². The molecule has 0 saturated carbocycles. The maximum Gasteiger partial charge on any atom is 0.248 e. The molecule has 5 nitrogen and oxygen atoms in total. The highest BCUT2D eigenvalue weighted by Crippen LogP contribution is 2.35. The van der Waals surface area contributed by atoms with Gasteiger partial charge in [-0.2, -0.15) is 0 Å². The molecule has 4 rings (SSSR count). The van der Waals surface area contributed by atoms with E-state index in [2.05, 4.69) is 10.7 Å². The molecule has 1 saturated heterocycles. The van der Waals surface area contributed by atoms with Crippen LogP contribution in [-0.4, -0.2) is 23.4 Å². The van der Waals surface area contributed by atoms with E-state index in [1.807, 2.05) is 62.4 Å². The number of hydrogen-bond acceptors (Lipinski definition) is 3. The summed E-state index contributed by atoms with van der Waals surface area (Å²) >= 11 is 0. The number of anilines is 2. The van der Waals surface area contributed by atoms with Crippen molar-refractivity contribution in [3.63, 3.8) is 0 Å². The van der Waals surface area contributed by atoms with Crippen LogP contribution in [0.25, 0.3) is 0 Å². The number of amides is 2. The summed E-state index contributed by atoms with van der Waals surface area (Å²) in [7, 11) is 0. The van der Waals surface area contributed by atoms with Crippen LogP contribution in [0, 0.1) is 5.41 Å². The fraction of sp³-hybridized carbons (Fsp3) is 0.333. The van der Waals surface area contributed by atoms with Crippen molar-refractivity contribution >= 4 is 23.2 Å². The first kappa shape index (κ1) is 16.6. The van der Waals surface area contributed by atoms with Crippen LogP contribution in [0.15, 0.2) is 48.5 Å². The van der Waals surface area contributed by atoms with Gasteiger partial charge >= 0.3 is 0 Å². The molecule has 0 aromatic heterocycles. The van der Waals surface area contributed by atoms with Gasteiger partial charge in [-0.3, -0.25) is 20.0 Å². The zero-order chi connectivity index (χ0) is 18.3. The number of benzene rings is 2. The molecule has 2 heterocycles. The van der Waals surface area contributed by atoms with Crippen LogP contribution in [0.5, 0.6) is 0 Å². The second kappa shape index (κ2) is 6.16. The molecule has 0 aliphatic carbocycles. The Bertz CT molecular complexity index is 861. The summed E-state index contributed by atoms with van der Waals surface area (Å²) in [6, 6.07) is 15.8. The molecular formula is C21H23N3O2. The molecule has 1 atom stereocenters. The number of fused-ring (bicyclic) bond motifs is 1. The SMILES string of the molecule is CC1(C)Cc2cc(NN3CCC(c4ccccc4)C3=O)ccc2NC1=O. The second-order valence-electron chi connectivity index (χ2n) is 7.74. The standard InChI is InChI=1S/C21H23N3O2/c1-21(2)13-15-12-16(8-9-18(15)22-20(21)26)23-24-11-10-17(19(24)25)14-6-4-3-5-7-14/h3-9,12,17,23H,10-11,13H2,1-2H3,(H,22,26). The lowest BCUT2D eigenvalue weighted by atomic mass is 9.81. The van der Waals surface area contributed by atoms with Gasteiger partial charge in [0.25, 0.3) is 0 Å². The van der Waals surface area contributed by atoms with Gasteiger partial charge in [0.15, 0.2) is 0 Å². The summed E-state index contributed by atoms with van der Waals surface area (Å²) in [4.78, 5) is 24.8. The Morgan fingerprint density at radius 1 is 1.12 bits per heavy atom. The van der Waals surface area contributed by atoms with Crippen LogP contribution in [0.3, 0.4) is 0 Å². The zero-order valence-electron chi connectivity index (χ0n) is 15.1. The maximum absolute atomic E-state index is 12.8. The van der Waals surface area contributed by atoms with E-state index in [1.54, 1.807) is 5.01 Å². The van der Waals surface area contributed by atoms with Crippen molar-refractivity contribution in [2.75, 3.05) is 17.3 Å². The Morgan fingerprint density at radius 3 is 2.65 bits per heavy atom. The van der Waals surface area contributed by atoms with E-state index in [1.165, 1.54) is 0 Å². The van der Waals surface area contributed by atoms with Crippen molar-refractivity contribution < 1.29 is 9.59 Å². The van der Waals surface area contributed by atoms with E-state index in [0.29, 0.717) is 13.0 Å². The van der Waals surface area contributed by atoms with Crippen molar-refractivity contribution in [2.45, 2.75) is 32.6 Å². The third kappa shape index (κ3) is 2.94. The minimum absolute atomic E-state index is 0.0473. The number of nitrogens with zero attached hydrogens (tertiary/aromatic N) is 1. The molecule has 1 unspecified atom stereocenters. The molecule has 0 radical (unpaired) electrons. The van der Waals surface area contributed by atoms with Gasteiger partial charge in [0.05, 0.1) is 11.6 Å². The van der Waals surface area contributed by atoms with Crippen molar-refractivity contribution in [2.24, 2.45) is 5.41 Å². The van der Waals surface area contributed by atoms with Crippen LogP contribution < -0.4 is 10.7 Å². The quantitative estimate of drug-likeness (QED) is 0.891. The van der Waals surface area contributed by atoms with E-state index < -0.39 is 5.41 Å². The van der Waals surface area contributed by atoms with Crippen LogP contribution in [0.4, 0.5) is 11.4 Å².